The number of hydrogen-bond acceptors (Lipinski definition) is 14. The Morgan fingerprint density at radius 3 is 1.90 bits per heavy atom. The number of H-pyrrole nitrogens is 1. The van der Waals surface area contributed by atoms with E-state index >= 15 is 0 Å². The van der Waals surface area contributed by atoms with E-state index in [0.29, 0.717) is 30.3 Å². The van der Waals surface area contributed by atoms with E-state index < -0.39 is 107 Å². The van der Waals surface area contributed by atoms with Crippen molar-refractivity contribution in [1.82, 2.24) is 14.8 Å². The monoisotopic (exact) mass is 792 g/mol. The molecule has 0 radical (unpaired) electrons. The van der Waals surface area contributed by atoms with Crippen molar-refractivity contribution >= 4 is 75.4 Å². The zero-order valence-corrected chi connectivity index (χ0v) is 28.8. The van der Waals surface area contributed by atoms with E-state index in [9.17, 15) is 66.3 Å². The van der Waals surface area contributed by atoms with Gasteiger partial charge in [0.05, 0.1) is 26.7 Å². The molecule has 0 aliphatic carbocycles. The van der Waals surface area contributed by atoms with Crippen LogP contribution in [0, 0.1) is 0 Å². The van der Waals surface area contributed by atoms with Crippen molar-refractivity contribution < 1.29 is 66.2 Å². The van der Waals surface area contributed by atoms with E-state index in [-0.39, 0.29) is 11.4 Å². The SMILES string of the molecule is CN1N=C(C(=O)Nc2cc(S(=O)(=O)O)ccc2S(=O)(=O)O)C(=CC=Cc2c(OCNc3cc(S(=O)(=O)O)ccc3S(=O)(=O)O)[nH]n(C)c2=O)C1=O. The van der Waals surface area contributed by atoms with Gasteiger partial charge in [-0.05, 0) is 48.6 Å². The molecule has 1 aliphatic rings. The normalized spacial score (nSPS) is 15.0. The topological polar surface area (TPSA) is 338 Å². The largest absolute Gasteiger partial charge is 0.456 e. The van der Waals surface area contributed by atoms with Crippen LogP contribution in [0.5, 0.6) is 5.88 Å². The first-order valence-electron chi connectivity index (χ1n) is 13.3. The molecule has 0 spiro atoms. The summed E-state index contributed by atoms with van der Waals surface area (Å²) in [6.07, 6.45) is 3.24. The van der Waals surface area contributed by atoms with Crippen LogP contribution in [0.15, 0.2) is 83.6 Å². The van der Waals surface area contributed by atoms with Crippen LogP contribution in [0.1, 0.15) is 5.56 Å². The van der Waals surface area contributed by atoms with Crippen molar-refractivity contribution in [3.05, 3.63) is 70.0 Å². The van der Waals surface area contributed by atoms with Crippen LogP contribution in [0.3, 0.4) is 0 Å². The maximum absolute atomic E-state index is 13.1. The first-order valence-corrected chi connectivity index (χ1v) is 19.1. The standard InChI is InChI=1S/C25H24N6O16S4/c1-30-24(33)15(21(28-30)22(32)27-18-11-14(49(38,39)40)7-9-20(18)51(44,45)46)4-3-5-16-23(29-31(2)25(16)34)47-12-26-17-10-13(48(35,36)37)6-8-19(17)50(41,42)43/h3-11,26,29H,12H2,1-2H3,(H,27,32)(H,35,36,37)(H,38,39,40)(H,41,42,43)(H,44,45,46). The van der Waals surface area contributed by atoms with Crippen LogP contribution in [0.4, 0.5) is 11.4 Å². The van der Waals surface area contributed by atoms with Gasteiger partial charge < -0.3 is 15.4 Å². The Labute approximate surface area is 287 Å². The van der Waals surface area contributed by atoms with Gasteiger partial charge in [0.15, 0.2) is 12.4 Å². The van der Waals surface area contributed by atoms with Crippen molar-refractivity contribution in [2.75, 3.05) is 24.4 Å². The minimum Gasteiger partial charge on any atom is -0.456 e. The lowest BCUT2D eigenvalue weighted by Crippen LogP contribution is -2.25. The molecule has 0 saturated carbocycles. The van der Waals surface area contributed by atoms with Gasteiger partial charge in [-0.15, -0.1) is 0 Å². The molecular formula is C25H24N6O16S4. The molecular weight excluding hydrogens is 769 g/mol. The maximum atomic E-state index is 13.1. The number of rotatable bonds is 12. The summed E-state index contributed by atoms with van der Waals surface area (Å²) in [7, 11) is -17.2. The molecule has 3 aromatic rings. The smallest absolute Gasteiger partial charge is 0.296 e. The Bertz CT molecular complexity index is 2570. The number of amides is 2. The van der Waals surface area contributed by atoms with Gasteiger partial charge in [0.2, 0.25) is 5.88 Å². The molecule has 0 atom stereocenters. The molecule has 2 aromatic carbocycles. The highest BCUT2D eigenvalue weighted by molar-refractivity contribution is 7.87. The number of benzene rings is 2. The third-order valence-electron chi connectivity index (χ3n) is 6.60. The summed E-state index contributed by atoms with van der Waals surface area (Å²) >= 11 is 0. The Balaban J connectivity index is 1.61. The predicted molar refractivity (Wildman–Crippen MR) is 173 cm³/mol. The highest BCUT2D eigenvalue weighted by Crippen LogP contribution is 2.27. The summed E-state index contributed by atoms with van der Waals surface area (Å²) in [6, 6.07) is 3.90. The zero-order valence-electron chi connectivity index (χ0n) is 25.6. The van der Waals surface area contributed by atoms with Crippen LogP contribution in [0.2, 0.25) is 0 Å². The molecule has 4 rings (SSSR count). The number of ether oxygens (including phenoxy) is 1. The number of aryl methyl sites for hydroxylation is 1. The molecule has 7 N–H and O–H groups in total. The van der Waals surface area contributed by atoms with Gasteiger partial charge in [-0.3, -0.25) is 42.4 Å². The lowest BCUT2D eigenvalue weighted by molar-refractivity contribution is -0.124. The average Bonchev–Trinajstić information content (AvgIpc) is 3.44. The Kier molecular flexibility index (Phi) is 10.5. The fourth-order valence-electron chi connectivity index (χ4n) is 4.27. The molecule has 0 saturated heterocycles. The van der Waals surface area contributed by atoms with Crippen LogP contribution in [-0.4, -0.2) is 98.0 Å². The second-order valence-electron chi connectivity index (χ2n) is 10.1. The van der Waals surface area contributed by atoms with E-state index in [1.54, 1.807) is 0 Å². The number of nitrogens with zero attached hydrogens (tertiary/aromatic N) is 3. The summed E-state index contributed by atoms with van der Waals surface area (Å²) in [5.74, 6) is -2.39. The second kappa shape index (κ2) is 13.8. The first kappa shape index (κ1) is 38.6. The van der Waals surface area contributed by atoms with Gasteiger partial charge in [-0.1, -0.05) is 6.08 Å². The number of hydrazone groups is 1. The van der Waals surface area contributed by atoms with Crippen molar-refractivity contribution in [1.29, 1.82) is 0 Å². The van der Waals surface area contributed by atoms with Crippen LogP contribution >= 0.6 is 0 Å². The van der Waals surface area contributed by atoms with Crippen molar-refractivity contribution in [2.24, 2.45) is 12.1 Å². The Morgan fingerprint density at radius 2 is 1.37 bits per heavy atom. The summed E-state index contributed by atoms with van der Waals surface area (Å²) in [5, 5.41) is 11.5. The molecule has 2 heterocycles. The first-order chi connectivity index (χ1) is 23.4. The average molecular weight is 793 g/mol. The molecule has 274 valence electrons. The predicted octanol–water partition coefficient (Wildman–Crippen LogP) is -0.445. The molecule has 1 aromatic heterocycles. The van der Waals surface area contributed by atoms with E-state index in [1.165, 1.54) is 7.05 Å². The third-order valence-corrected chi connectivity index (χ3v) is 10.1. The summed E-state index contributed by atoms with van der Waals surface area (Å²) < 4.78 is 137. The van der Waals surface area contributed by atoms with Crippen LogP contribution in [0.25, 0.3) is 6.08 Å². The summed E-state index contributed by atoms with van der Waals surface area (Å²) in [6.45, 7) is -0.663. The van der Waals surface area contributed by atoms with Gasteiger partial charge in [0, 0.05) is 14.1 Å². The van der Waals surface area contributed by atoms with Gasteiger partial charge in [-0.2, -0.15) is 38.8 Å². The number of likely N-dealkylation sites (N-methyl/N-ethyl adjacent to an activating group) is 1. The molecule has 1 aliphatic heterocycles. The number of aromatic nitrogens is 2. The minimum atomic E-state index is -5.05. The summed E-state index contributed by atoms with van der Waals surface area (Å²) in [4.78, 5) is 35.4. The minimum absolute atomic E-state index is 0.209. The highest BCUT2D eigenvalue weighted by atomic mass is 32.2. The molecule has 0 bridgehead atoms. The molecule has 0 fully saturated rings. The lowest BCUT2D eigenvalue weighted by Gasteiger charge is -2.12. The number of carbonyl (C=O) groups excluding carboxylic acids is 2. The van der Waals surface area contributed by atoms with Gasteiger partial charge in [-0.25, -0.2) is 5.01 Å². The molecule has 26 heteroatoms. The van der Waals surface area contributed by atoms with E-state index in [1.807, 2.05) is 5.32 Å². The lowest BCUT2D eigenvalue weighted by atomic mass is 10.1. The third kappa shape index (κ3) is 8.75. The molecule has 0 unspecified atom stereocenters. The maximum Gasteiger partial charge on any atom is 0.296 e. The quantitative estimate of drug-likeness (QED) is 0.0694. The van der Waals surface area contributed by atoms with Crippen molar-refractivity contribution in [2.45, 2.75) is 19.6 Å². The van der Waals surface area contributed by atoms with Crippen molar-refractivity contribution in [3.8, 4) is 5.88 Å². The number of hydrogen-bond donors (Lipinski definition) is 7. The molecule has 22 nitrogen and oxygen atoms in total. The Morgan fingerprint density at radius 1 is 0.843 bits per heavy atom. The number of allylic oxidation sites excluding steroid dienone is 2. The van der Waals surface area contributed by atoms with E-state index in [4.69, 9.17) is 4.74 Å². The van der Waals surface area contributed by atoms with Crippen LogP contribution in [-0.2, 0) is 57.1 Å². The van der Waals surface area contributed by atoms with Gasteiger partial charge in [0.1, 0.15) is 15.4 Å². The Hall–Kier alpha value is -5.22. The zero-order chi connectivity index (χ0) is 38.3. The van der Waals surface area contributed by atoms with Gasteiger partial charge >= 0.3 is 0 Å². The number of nitrogens with one attached hydrogen (secondary N) is 3. The fraction of sp³-hybridized carbons (Fsp3) is 0.120. The van der Waals surface area contributed by atoms with Crippen molar-refractivity contribution in [3.63, 3.8) is 0 Å². The molecule has 2 amide bonds. The number of carbonyl (C=O) groups is 2. The second-order valence-corrected chi connectivity index (χ2v) is 15.7. The number of aromatic amines is 1. The fourth-order valence-corrected chi connectivity index (χ4v) is 6.56. The highest BCUT2D eigenvalue weighted by Gasteiger charge is 2.33. The van der Waals surface area contributed by atoms with E-state index in [2.05, 4.69) is 15.5 Å². The van der Waals surface area contributed by atoms with E-state index in [0.717, 1.165) is 41.0 Å². The summed E-state index contributed by atoms with van der Waals surface area (Å²) in [5.41, 5.74) is -3.26. The van der Waals surface area contributed by atoms with Crippen LogP contribution < -0.4 is 20.9 Å². The van der Waals surface area contributed by atoms with Gasteiger partial charge in [0.25, 0.3) is 57.8 Å². The number of anilines is 2. The molecule has 51 heavy (non-hydrogen) atoms.